The van der Waals surface area contributed by atoms with Crippen molar-refractivity contribution in [2.24, 2.45) is 5.92 Å². The van der Waals surface area contributed by atoms with Crippen LogP contribution < -0.4 is 10.6 Å². The second-order valence-corrected chi connectivity index (χ2v) is 9.08. The topological polar surface area (TPSA) is 137 Å². The zero-order chi connectivity index (χ0) is 24.2. The maximum absolute atomic E-state index is 10.6. The third kappa shape index (κ3) is 5.01. The Hall–Kier alpha value is -2.75. The molecule has 9 heteroatoms. The first-order chi connectivity index (χ1) is 16.4. The Balaban J connectivity index is 1.71. The molecule has 3 heterocycles. The van der Waals surface area contributed by atoms with E-state index >= 15 is 0 Å². The standard InChI is InChI=1S/C25H35N5O4/c1-4-6-7-8-26-25-28-14(3)21(19-11-15-9-17(5-2)27-12-20(15)34-19)24(30-25)29-18-10-16(13-31)22(32)23(18)33/h9,11-12,16,18,22-23,31-33H,4-8,10,13H2,1-3H3,(H2,26,28,29,30)/t16-,18-,22-,23+/m1/s1. The molecule has 1 aliphatic carbocycles. The lowest BCUT2D eigenvalue weighted by atomic mass is 10.1. The van der Waals surface area contributed by atoms with Crippen LogP contribution in [-0.2, 0) is 6.42 Å². The molecule has 3 aromatic rings. The number of anilines is 2. The zero-order valence-electron chi connectivity index (χ0n) is 20.1. The summed E-state index contributed by atoms with van der Waals surface area (Å²) in [6.45, 7) is 6.69. The van der Waals surface area contributed by atoms with E-state index in [-0.39, 0.29) is 6.61 Å². The normalized spacial score (nSPS) is 22.4. The summed E-state index contributed by atoms with van der Waals surface area (Å²) in [7, 11) is 0. The first kappa shape index (κ1) is 24.4. The van der Waals surface area contributed by atoms with Gasteiger partial charge in [0.2, 0.25) is 5.95 Å². The SMILES string of the molecule is CCCCCNc1nc(C)c(-c2cc3cc(CC)ncc3o2)c(N[C@@H]2C[C@H](CO)[C@@H](O)[C@H]2O)n1. The van der Waals surface area contributed by atoms with Gasteiger partial charge in [0.1, 0.15) is 17.7 Å². The molecular weight excluding hydrogens is 434 g/mol. The van der Waals surface area contributed by atoms with E-state index in [1.807, 2.05) is 19.1 Å². The lowest BCUT2D eigenvalue weighted by Gasteiger charge is -2.21. The predicted octanol–water partition coefficient (Wildman–Crippen LogP) is 3.27. The fourth-order valence-electron chi connectivity index (χ4n) is 4.56. The summed E-state index contributed by atoms with van der Waals surface area (Å²) < 4.78 is 6.13. The minimum Gasteiger partial charge on any atom is -0.454 e. The van der Waals surface area contributed by atoms with E-state index in [2.05, 4.69) is 34.4 Å². The number of aryl methyl sites for hydroxylation is 2. The number of fused-ring (bicyclic) bond motifs is 1. The van der Waals surface area contributed by atoms with Crippen LogP contribution >= 0.6 is 0 Å². The smallest absolute Gasteiger partial charge is 0.224 e. The first-order valence-electron chi connectivity index (χ1n) is 12.2. The lowest BCUT2D eigenvalue weighted by Crippen LogP contribution is -2.35. The number of nitrogens with one attached hydrogen (secondary N) is 2. The average molecular weight is 470 g/mol. The van der Waals surface area contributed by atoms with E-state index in [0.29, 0.717) is 35.1 Å². The number of hydrogen-bond donors (Lipinski definition) is 5. The largest absolute Gasteiger partial charge is 0.454 e. The molecule has 34 heavy (non-hydrogen) atoms. The van der Waals surface area contributed by atoms with Crippen molar-refractivity contribution in [1.82, 2.24) is 15.0 Å². The van der Waals surface area contributed by atoms with Gasteiger partial charge in [-0.2, -0.15) is 4.98 Å². The Morgan fingerprint density at radius 3 is 2.65 bits per heavy atom. The molecule has 1 fully saturated rings. The quantitative estimate of drug-likeness (QED) is 0.283. The number of aliphatic hydroxyl groups excluding tert-OH is 3. The van der Waals surface area contributed by atoms with Crippen LogP contribution in [0.3, 0.4) is 0 Å². The van der Waals surface area contributed by atoms with Crippen molar-refractivity contribution in [3.8, 4) is 11.3 Å². The number of hydrogen-bond acceptors (Lipinski definition) is 9. The van der Waals surface area contributed by atoms with Crippen LogP contribution in [0.4, 0.5) is 11.8 Å². The minimum atomic E-state index is -1.02. The number of aromatic nitrogens is 3. The van der Waals surface area contributed by atoms with E-state index in [9.17, 15) is 15.3 Å². The van der Waals surface area contributed by atoms with Gasteiger partial charge < -0.3 is 30.4 Å². The average Bonchev–Trinajstić information content (AvgIpc) is 3.36. The van der Waals surface area contributed by atoms with Gasteiger partial charge in [0.15, 0.2) is 5.58 Å². The van der Waals surface area contributed by atoms with Gasteiger partial charge in [-0.05, 0) is 38.3 Å². The molecule has 0 amide bonds. The van der Waals surface area contributed by atoms with Crippen molar-refractivity contribution in [2.75, 3.05) is 23.8 Å². The molecular formula is C25H35N5O4. The fourth-order valence-corrected chi connectivity index (χ4v) is 4.56. The van der Waals surface area contributed by atoms with E-state index in [4.69, 9.17) is 9.40 Å². The molecule has 0 radical (unpaired) electrons. The van der Waals surface area contributed by atoms with Crippen LogP contribution in [0.5, 0.6) is 0 Å². The number of furan rings is 1. The van der Waals surface area contributed by atoms with E-state index in [0.717, 1.165) is 49.0 Å². The predicted molar refractivity (Wildman–Crippen MR) is 132 cm³/mol. The first-order valence-corrected chi connectivity index (χ1v) is 12.2. The maximum Gasteiger partial charge on any atom is 0.224 e. The van der Waals surface area contributed by atoms with Crippen molar-refractivity contribution in [2.45, 2.75) is 71.1 Å². The molecule has 0 aliphatic heterocycles. The molecule has 5 N–H and O–H groups in total. The van der Waals surface area contributed by atoms with Gasteiger partial charge >= 0.3 is 0 Å². The summed E-state index contributed by atoms with van der Waals surface area (Å²) in [4.78, 5) is 13.8. The molecule has 4 atom stereocenters. The third-order valence-corrected chi connectivity index (χ3v) is 6.58. The van der Waals surface area contributed by atoms with Crippen molar-refractivity contribution in [1.29, 1.82) is 0 Å². The highest BCUT2D eigenvalue weighted by Gasteiger charge is 2.41. The van der Waals surface area contributed by atoms with Gasteiger partial charge in [0, 0.05) is 30.1 Å². The third-order valence-electron chi connectivity index (χ3n) is 6.58. The molecule has 4 rings (SSSR count). The van der Waals surface area contributed by atoms with Crippen molar-refractivity contribution < 1.29 is 19.7 Å². The van der Waals surface area contributed by atoms with Gasteiger partial charge in [-0.3, -0.25) is 4.98 Å². The van der Waals surface area contributed by atoms with Crippen LogP contribution in [-0.4, -0.2) is 61.7 Å². The lowest BCUT2D eigenvalue weighted by molar-refractivity contribution is 0.00446. The Labute approximate surface area is 199 Å². The number of pyridine rings is 1. The van der Waals surface area contributed by atoms with Gasteiger partial charge in [-0.1, -0.05) is 26.7 Å². The number of aliphatic hydroxyl groups is 3. The summed E-state index contributed by atoms with van der Waals surface area (Å²) >= 11 is 0. The molecule has 1 aliphatic rings. The van der Waals surface area contributed by atoms with Crippen LogP contribution in [0.15, 0.2) is 22.7 Å². The van der Waals surface area contributed by atoms with E-state index in [1.165, 1.54) is 0 Å². The Kier molecular flexibility index (Phi) is 7.65. The van der Waals surface area contributed by atoms with Crippen molar-refractivity contribution in [3.63, 3.8) is 0 Å². The molecule has 3 aromatic heterocycles. The highest BCUT2D eigenvalue weighted by molar-refractivity contribution is 5.86. The van der Waals surface area contributed by atoms with Gasteiger partial charge in [0.25, 0.3) is 0 Å². The Bertz CT molecular complexity index is 1120. The molecule has 0 bridgehead atoms. The molecule has 0 aromatic carbocycles. The summed E-state index contributed by atoms with van der Waals surface area (Å²) in [5.74, 6) is 1.23. The van der Waals surface area contributed by atoms with Crippen molar-refractivity contribution >= 4 is 22.7 Å². The number of nitrogens with zero attached hydrogens (tertiary/aromatic N) is 3. The molecule has 0 spiro atoms. The van der Waals surface area contributed by atoms with Gasteiger partial charge in [-0.25, -0.2) is 4.98 Å². The minimum absolute atomic E-state index is 0.188. The molecule has 1 saturated carbocycles. The van der Waals surface area contributed by atoms with Crippen LogP contribution in [0, 0.1) is 12.8 Å². The highest BCUT2D eigenvalue weighted by atomic mass is 16.3. The van der Waals surface area contributed by atoms with Crippen LogP contribution in [0.2, 0.25) is 0 Å². The van der Waals surface area contributed by atoms with Crippen LogP contribution in [0.1, 0.15) is 50.9 Å². The Morgan fingerprint density at radius 2 is 1.94 bits per heavy atom. The van der Waals surface area contributed by atoms with E-state index in [1.54, 1.807) is 6.20 Å². The zero-order valence-corrected chi connectivity index (χ0v) is 20.1. The molecule has 184 valence electrons. The maximum atomic E-state index is 10.6. The summed E-state index contributed by atoms with van der Waals surface area (Å²) in [6, 6.07) is 3.50. The summed E-state index contributed by atoms with van der Waals surface area (Å²) in [5, 5.41) is 38.0. The molecule has 0 saturated heterocycles. The van der Waals surface area contributed by atoms with Crippen molar-refractivity contribution in [3.05, 3.63) is 29.7 Å². The Morgan fingerprint density at radius 1 is 1.12 bits per heavy atom. The monoisotopic (exact) mass is 469 g/mol. The number of rotatable bonds is 10. The second-order valence-electron chi connectivity index (χ2n) is 9.08. The fraction of sp³-hybridized carbons (Fsp3) is 0.560. The summed E-state index contributed by atoms with van der Waals surface area (Å²) in [5.41, 5.74) is 3.08. The number of unbranched alkanes of at least 4 members (excludes halogenated alkanes) is 2. The molecule has 9 nitrogen and oxygen atoms in total. The second kappa shape index (κ2) is 10.7. The van der Waals surface area contributed by atoms with Crippen LogP contribution in [0.25, 0.3) is 22.3 Å². The van der Waals surface area contributed by atoms with Gasteiger partial charge in [-0.15, -0.1) is 0 Å². The molecule has 0 unspecified atom stereocenters. The van der Waals surface area contributed by atoms with Gasteiger partial charge in [0.05, 0.1) is 29.6 Å². The summed E-state index contributed by atoms with van der Waals surface area (Å²) in [6.07, 6.45) is 4.23. The highest BCUT2D eigenvalue weighted by Crippen LogP contribution is 2.37. The van der Waals surface area contributed by atoms with E-state index < -0.39 is 24.2 Å².